The van der Waals surface area contributed by atoms with Gasteiger partial charge in [-0.1, -0.05) is 43.5 Å². The van der Waals surface area contributed by atoms with Crippen molar-refractivity contribution in [2.45, 2.75) is 45.3 Å². The molecular formula is C14H19Cl2NO. The Labute approximate surface area is 119 Å². The molecule has 0 saturated heterocycles. The van der Waals surface area contributed by atoms with E-state index in [4.69, 9.17) is 27.9 Å². The number of hydrogen-bond acceptors (Lipinski definition) is 2. The Morgan fingerprint density at radius 2 is 2.00 bits per heavy atom. The van der Waals surface area contributed by atoms with Crippen LogP contribution in [0.2, 0.25) is 10.0 Å². The van der Waals surface area contributed by atoms with Crippen molar-refractivity contribution in [2.24, 2.45) is 0 Å². The molecule has 0 saturated carbocycles. The summed E-state index contributed by atoms with van der Waals surface area (Å²) in [7, 11) is 0. The van der Waals surface area contributed by atoms with Crippen LogP contribution in [0.3, 0.4) is 0 Å². The molecule has 0 bridgehead atoms. The lowest BCUT2D eigenvalue weighted by Crippen LogP contribution is -2.31. The highest BCUT2D eigenvalue weighted by Crippen LogP contribution is 2.44. The molecule has 0 radical (unpaired) electrons. The molecule has 1 aromatic rings. The van der Waals surface area contributed by atoms with Crippen molar-refractivity contribution in [1.29, 1.82) is 0 Å². The zero-order chi connectivity index (χ0) is 13.1. The lowest BCUT2D eigenvalue weighted by atomic mass is 10.0. The van der Waals surface area contributed by atoms with E-state index < -0.39 is 0 Å². The zero-order valence-corrected chi connectivity index (χ0v) is 12.3. The molecule has 0 aromatic heterocycles. The third kappa shape index (κ3) is 2.76. The minimum absolute atomic E-state index is 0.160. The minimum atomic E-state index is 0.160. The average molecular weight is 288 g/mol. The average Bonchev–Trinajstić information content (AvgIpc) is 2.64. The van der Waals surface area contributed by atoms with Gasteiger partial charge in [-0.3, -0.25) is 0 Å². The monoisotopic (exact) mass is 287 g/mol. The third-order valence-corrected chi connectivity index (χ3v) is 3.74. The van der Waals surface area contributed by atoms with Gasteiger partial charge in [0.15, 0.2) is 0 Å². The number of nitrogens with one attached hydrogen (secondary N) is 1. The summed E-state index contributed by atoms with van der Waals surface area (Å²) in [6.45, 7) is 5.28. The first-order valence-electron chi connectivity index (χ1n) is 6.56. The van der Waals surface area contributed by atoms with Crippen LogP contribution >= 0.6 is 23.2 Å². The predicted octanol–water partition coefficient (Wildman–Crippen LogP) is 4.60. The first-order chi connectivity index (χ1) is 8.67. The zero-order valence-electron chi connectivity index (χ0n) is 10.8. The smallest absolute Gasteiger partial charge is 0.127 e. The van der Waals surface area contributed by atoms with Gasteiger partial charge in [0.05, 0.1) is 11.1 Å². The second-order valence-corrected chi connectivity index (χ2v) is 5.52. The van der Waals surface area contributed by atoms with Gasteiger partial charge in [-0.25, -0.2) is 0 Å². The van der Waals surface area contributed by atoms with Crippen LogP contribution in [0, 0.1) is 0 Å². The Hall–Kier alpha value is -0.440. The summed E-state index contributed by atoms with van der Waals surface area (Å²) in [6.07, 6.45) is 3.36. The third-order valence-electron chi connectivity index (χ3n) is 3.20. The van der Waals surface area contributed by atoms with Crippen molar-refractivity contribution in [1.82, 2.24) is 5.32 Å². The van der Waals surface area contributed by atoms with Gasteiger partial charge in [0.1, 0.15) is 11.9 Å². The Kier molecular flexibility index (Phi) is 4.77. The molecule has 1 N–H and O–H groups in total. The van der Waals surface area contributed by atoms with Gasteiger partial charge in [0.25, 0.3) is 0 Å². The Balaban J connectivity index is 2.30. The number of benzene rings is 1. The van der Waals surface area contributed by atoms with E-state index in [1.165, 1.54) is 0 Å². The summed E-state index contributed by atoms with van der Waals surface area (Å²) in [5.41, 5.74) is 1.06. The van der Waals surface area contributed by atoms with Crippen molar-refractivity contribution in [3.63, 3.8) is 0 Å². The van der Waals surface area contributed by atoms with Crippen molar-refractivity contribution in [3.05, 3.63) is 27.7 Å². The molecule has 0 aliphatic carbocycles. The van der Waals surface area contributed by atoms with E-state index >= 15 is 0 Å². The molecule has 4 heteroatoms. The lowest BCUT2D eigenvalue weighted by molar-refractivity contribution is 0.178. The van der Waals surface area contributed by atoms with E-state index in [9.17, 15) is 0 Å². The van der Waals surface area contributed by atoms with Crippen LogP contribution < -0.4 is 10.1 Å². The lowest BCUT2D eigenvalue weighted by Gasteiger charge is -2.20. The van der Waals surface area contributed by atoms with Crippen LogP contribution in [-0.4, -0.2) is 12.6 Å². The van der Waals surface area contributed by atoms with E-state index in [1.54, 1.807) is 6.07 Å². The fourth-order valence-corrected chi connectivity index (χ4v) is 3.01. The fraction of sp³-hybridized carbons (Fsp3) is 0.571. The van der Waals surface area contributed by atoms with E-state index in [1.807, 2.05) is 6.07 Å². The fourth-order valence-electron chi connectivity index (χ4n) is 2.42. The standard InChI is InChI=1S/C14H19Cl2NO/c1-3-5-11-14(17-6-4-2)13-10(16)7-9(15)8-12(13)18-11/h7-8,11,14,17H,3-6H2,1-2H3. The highest BCUT2D eigenvalue weighted by molar-refractivity contribution is 6.35. The summed E-state index contributed by atoms with van der Waals surface area (Å²) in [4.78, 5) is 0. The molecule has 0 spiro atoms. The maximum atomic E-state index is 6.31. The van der Waals surface area contributed by atoms with Gasteiger partial charge < -0.3 is 10.1 Å². The summed E-state index contributed by atoms with van der Waals surface area (Å²) in [6, 6.07) is 3.84. The van der Waals surface area contributed by atoms with Crippen LogP contribution in [-0.2, 0) is 0 Å². The van der Waals surface area contributed by atoms with Crippen molar-refractivity contribution in [2.75, 3.05) is 6.54 Å². The van der Waals surface area contributed by atoms with Gasteiger partial charge in [-0.05, 0) is 31.5 Å². The number of halogens is 2. The number of fused-ring (bicyclic) bond motifs is 1. The Morgan fingerprint density at radius 3 is 2.67 bits per heavy atom. The number of ether oxygens (including phenoxy) is 1. The van der Waals surface area contributed by atoms with Gasteiger partial charge in [-0.15, -0.1) is 0 Å². The molecule has 0 fully saturated rings. The topological polar surface area (TPSA) is 21.3 Å². The van der Waals surface area contributed by atoms with Gasteiger partial charge in [0.2, 0.25) is 0 Å². The summed E-state index contributed by atoms with van der Waals surface area (Å²) >= 11 is 12.3. The van der Waals surface area contributed by atoms with Crippen molar-refractivity contribution >= 4 is 23.2 Å². The molecule has 100 valence electrons. The number of hydrogen-bond donors (Lipinski definition) is 1. The van der Waals surface area contributed by atoms with Crippen LogP contribution in [0.15, 0.2) is 12.1 Å². The van der Waals surface area contributed by atoms with Gasteiger partial charge >= 0.3 is 0 Å². The Bertz CT molecular complexity index is 423. The van der Waals surface area contributed by atoms with Gasteiger partial charge in [-0.2, -0.15) is 0 Å². The maximum absolute atomic E-state index is 6.31. The van der Waals surface area contributed by atoms with Crippen LogP contribution in [0.1, 0.15) is 44.7 Å². The molecule has 1 aliphatic rings. The molecule has 1 aliphatic heterocycles. The second kappa shape index (κ2) is 6.14. The minimum Gasteiger partial charge on any atom is -0.488 e. The van der Waals surface area contributed by atoms with E-state index in [0.717, 1.165) is 37.1 Å². The molecule has 18 heavy (non-hydrogen) atoms. The molecular weight excluding hydrogens is 269 g/mol. The molecule has 2 unspecified atom stereocenters. The van der Waals surface area contributed by atoms with Crippen LogP contribution in [0.5, 0.6) is 5.75 Å². The van der Waals surface area contributed by atoms with E-state index in [-0.39, 0.29) is 12.1 Å². The molecule has 1 aromatic carbocycles. The first kappa shape index (κ1) is 14.0. The Morgan fingerprint density at radius 1 is 1.22 bits per heavy atom. The predicted molar refractivity (Wildman–Crippen MR) is 76.8 cm³/mol. The number of rotatable bonds is 5. The van der Waals surface area contributed by atoms with Crippen molar-refractivity contribution in [3.8, 4) is 5.75 Å². The molecule has 2 rings (SSSR count). The SMILES string of the molecule is CCCNC1c2c(Cl)cc(Cl)cc2OC1CCC. The molecule has 0 amide bonds. The summed E-state index contributed by atoms with van der Waals surface area (Å²) < 4.78 is 5.99. The largest absolute Gasteiger partial charge is 0.488 e. The summed E-state index contributed by atoms with van der Waals surface area (Å²) in [5, 5.41) is 4.86. The normalized spacial score (nSPS) is 21.8. The second-order valence-electron chi connectivity index (χ2n) is 4.68. The van der Waals surface area contributed by atoms with Crippen molar-refractivity contribution < 1.29 is 4.74 Å². The van der Waals surface area contributed by atoms with E-state index in [2.05, 4.69) is 19.2 Å². The summed E-state index contributed by atoms with van der Waals surface area (Å²) in [5.74, 6) is 0.833. The molecule has 2 atom stereocenters. The molecule has 1 heterocycles. The highest BCUT2D eigenvalue weighted by Gasteiger charge is 2.35. The molecule has 2 nitrogen and oxygen atoms in total. The van der Waals surface area contributed by atoms with Crippen LogP contribution in [0.4, 0.5) is 0 Å². The van der Waals surface area contributed by atoms with Gasteiger partial charge in [0, 0.05) is 10.6 Å². The maximum Gasteiger partial charge on any atom is 0.127 e. The first-order valence-corrected chi connectivity index (χ1v) is 7.32. The highest BCUT2D eigenvalue weighted by atomic mass is 35.5. The quantitative estimate of drug-likeness (QED) is 0.855. The van der Waals surface area contributed by atoms with Crippen LogP contribution in [0.25, 0.3) is 0 Å². The van der Waals surface area contributed by atoms with E-state index in [0.29, 0.717) is 10.0 Å².